The molecule has 4 nitrogen and oxygen atoms in total. The second-order valence-electron chi connectivity index (χ2n) is 6.52. The van der Waals surface area contributed by atoms with Crippen molar-refractivity contribution in [1.29, 1.82) is 0 Å². The topological polar surface area (TPSA) is 32.8 Å². The summed E-state index contributed by atoms with van der Waals surface area (Å²) in [6.45, 7) is 5.26. The monoisotopic (exact) mass is 332 g/mol. The van der Waals surface area contributed by atoms with E-state index in [0.29, 0.717) is 12.5 Å². The molecule has 2 aliphatic rings. The fourth-order valence-corrected chi connectivity index (χ4v) is 3.25. The van der Waals surface area contributed by atoms with Gasteiger partial charge < -0.3 is 9.64 Å². The Hall–Kier alpha value is -1.72. The molecular formula is C19H25FN2O2. The van der Waals surface area contributed by atoms with Crippen LogP contribution in [0.2, 0.25) is 0 Å². The van der Waals surface area contributed by atoms with Crippen molar-refractivity contribution in [2.24, 2.45) is 5.92 Å². The molecule has 1 aromatic rings. The molecule has 1 amide bonds. The molecule has 2 fully saturated rings. The Bertz CT molecular complexity index is 576. The second-order valence-corrected chi connectivity index (χ2v) is 6.52. The lowest BCUT2D eigenvalue weighted by Gasteiger charge is -2.33. The first-order valence-electron chi connectivity index (χ1n) is 8.72. The molecule has 5 heteroatoms. The van der Waals surface area contributed by atoms with E-state index in [1.807, 2.05) is 17.0 Å². The standard InChI is InChI=1S/C19H25FN2O2/c20-18-3-1-2-17(14-18)5-4-16-6-8-22(9-7-16)19(23)15-21-10-12-24-13-11-21/h1-5,14,16H,6-13,15H2/b5-4+. The van der Waals surface area contributed by atoms with Crippen LogP contribution in [0.5, 0.6) is 0 Å². The molecule has 2 aliphatic heterocycles. The zero-order valence-electron chi connectivity index (χ0n) is 14.0. The number of morpholine rings is 1. The number of amides is 1. The molecular weight excluding hydrogens is 307 g/mol. The average molecular weight is 332 g/mol. The summed E-state index contributed by atoms with van der Waals surface area (Å²) in [4.78, 5) is 16.5. The zero-order chi connectivity index (χ0) is 16.8. The van der Waals surface area contributed by atoms with Gasteiger partial charge in [0.25, 0.3) is 0 Å². The minimum Gasteiger partial charge on any atom is -0.379 e. The van der Waals surface area contributed by atoms with Crippen LogP contribution >= 0.6 is 0 Å². The van der Waals surface area contributed by atoms with E-state index < -0.39 is 0 Å². The lowest BCUT2D eigenvalue weighted by Crippen LogP contribution is -2.46. The Morgan fingerprint density at radius 2 is 1.96 bits per heavy atom. The largest absolute Gasteiger partial charge is 0.379 e. The van der Waals surface area contributed by atoms with Gasteiger partial charge in [-0.05, 0) is 36.5 Å². The number of allylic oxidation sites excluding steroid dienone is 1. The molecule has 0 aliphatic carbocycles. The molecule has 0 unspecified atom stereocenters. The maximum Gasteiger partial charge on any atom is 0.236 e. The van der Waals surface area contributed by atoms with Crippen molar-refractivity contribution in [3.63, 3.8) is 0 Å². The molecule has 0 bridgehead atoms. The third kappa shape index (κ3) is 4.89. The Morgan fingerprint density at radius 3 is 2.67 bits per heavy atom. The van der Waals surface area contributed by atoms with Crippen molar-refractivity contribution in [2.45, 2.75) is 12.8 Å². The van der Waals surface area contributed by atoms with Crippen LogP contribution in [0.1, 0.15) is 18.4 Å². The predicted molar refractivity (Wildman–Crippen MR) is 92.0 cm³/mol. The quantitative estimate of drug-likeness (QED) is 0.849. The van der Waals surface area contributed by atoms with Crippen LogP contribution in [0.15, 0.2) is 30.3 Å². The van der Waals surface area contributed by atoms with Gasteiger partial charge in [0, 0.05) is 26.2 Å². The minimum absolute atomic E-state index is 0.208. The van der Waals surface area contributed by atoms with Gasteiger partial charge in [0.1, 0.15) is 5.82 Å². The number of rotatable bonds is 4. The molecule has 2 saturated heterocycles. The number of carbonyl (C=O) groups excluding carboxylic acids is 1. The first kappa shape index (κ1) is 17.1. The first-order valence-corrected chi connectivity index (χ1v) is 8.72. The molecule has 0 spiro atoms. The third-order valence-corrected chi connectivity index (χ3v) is 4.76. The first-order chi connectivity index (χ1) is 11.7. The van der Waals surface area contributed by atoms with E-state index >= 15 is 0 Å². The number of benzene rings is 1. The highest BCUT2D eigenvalue weighted by Gasteiger charge is 2.23. The summed E-state index contributed by atoms with van der Waals surface area (Å²) in [6, 6.07) is 6.62. The number of hydrogen-bond acceptors (Lipinski definition) is 3. The van der Waals surface area contributed by atoms with Crippen LogP contribution in [-0.4, -0.2) is 61.6 Å². The van der Waals surface area contributed by atoms with Crippen molar-refractivity contribution in [2.75, 3.05) is 45.9 Å². The van der Waals surface area contributed by atoms with Crippen LogP contribution in [0.3, 0.4) is 0 Å². The minimum atomic E-state index is -0.208. The van der Waals surface area contributed by atoms with Crippen molar-refractivity contribution in [3.8, 4) is 0 Å². The van der Waals surface area contributed by atoms with Gasteiger partial charge in [0.05, 0.1) is 19.8 Å². The van der Waals surface area contributed by atoms with Crippen LogP contribution in [0.4, 0.5) is 4.39 Å². The highest BCUT2D eigenvalue weighted by molar-refractivity contribution is 5.78. The van der Waals surface area contributed by atoms with E-state index in [1.165, 1.54) is 12.1 Å². The predicted octanol–water partition coefficient (Wildman–Crippen LogP) is 2.41. The molecule has 2 heterocycles. The van der Waals surface area contributed by atoms with E-state index in [2.05, 4.69) is 11.0 Å². The van der Waals surface area contributed by atoms with Crippen LogP contribution < -0.4 is 0 Å². The smallest absolute Gasteiger partial charge is 0.236 e. The van der Waals surface area contributed by atoms with Gasteiger partial charge in [-0.15, -0.1) is 0 Å². The number of ether oxygens (including phenoxy) is 1. The van der Waals surface area contributed by atoms with Gasteiger partial charge in [0.15, 0.2) is 0 Å². The van der Waals surface area contributed by atoms with E-state index in [1.54, 1.807) is 6.07 Å². The maximum absolute atomic E-state index is 13.2. The summed E-state index contributed by atoms with van der Waals surface area (Å²) in [5, 5.41) is 0. The lowest BCUT2D eigenvalue weighted by atomic mass is 9.95. The van der Waals surface area contributed by atoms with Gasteiger partial charge in [-0.1, -0.05) is 24.3 Å². The Kier molecular flexibility index (Phi) is 5.99. The van der Waals surface area contributed by atoms with Crippen molar-refractivity contribution >= 4 is 12.0 Å². The molecule has 24 heavy (non-hydrogen) atoms. The van der Waals surface area contributed by atoms with Crippen LogP contribution in [0, 0.1) is 11.7 Å². The third-order valence-electron chi connectivity index (χ3n) is 4.76. The molecule has 0 N–H and O–H groups in total. The lowest BCUT2D eigenvalue weighted by molar-refractivity contribution is -0.134. The van der Waals surface area contributed by atoms with E-state index in [4.69, 9.17) is 4.74 Å². The Labute approximate surface area is 142 Å². The molecule has 0 radical (unpaired) electrons. The average Bonchev–Trinajstić information content (AvgIpc) is 2.61. The number of halogens is 1. The van der Waals surface area contributed by atoms with Gasteiger partial charge >= 0.3 is 0 Å². The molecule has 130 valence electrons. The second kappa shape index (κ2) is 8.40. The molecule has 3 rings (SSSR count). The van der Waals surface area contributed by atoms with Gasteiger partial charge in [-0.3, -0.25) is 9.69 Å². The van der Waals surface area contributed by atoms with Crippen LogP contribution in [0.25, 0.3) is 6.08 Å². The number of likely N-dealkylation sites (tertiary alicyclic amines) is 1. The molecule has 0 aromatic heterocycles. The van der Waals surface area contributed by atoms with Crippen LogP contribution in [-0.2, 0) is 9.53 Å². The van der Waals surface area contributed by atoms with E-state index in [9.17, 15) is 9.18 Å². The SMILES string of the molecule is O=C(CN1CCOCC1)N1CCC(/C=C/c2cccc(F)c2)CC1. The fraction of sp³-hybridized carbons (Fsp3) is 0.526. The summed E-state index contributed by atoms with van der Waals surface area (Å²) in [7, 11) is 0. The fourth-order valence-electron chi connectivity index (χ4n) is 3.25. The maximum atomic E-state index is 13.2. The summed E-state index contributed by atoms with van der Waals surface area (Å²) in [5.41, 5.74) is 0.890. The summed E-state index contributed by atoms with van der Waals surface area (Å²) in [6.07, 6.45) is 6.08. The summed E-state index contributed by atoms with van der Waals surface area (Å²) in [5.74, 6) is 0.478. The van der Waals surface area contributed by atoms with Gasteiger partial charge in [-0.25, -0.2) is 4.39 Å². The number of hydrogen-bond donors (Lipinski definition) is 0. The van der Waals surface area contributed by atoms with Crippen molar-refractivity contribution < 1.29 is 13.9 Å². The van der Waals surface area contributed by atoms with Gasteiger partial charge in [0.2, 0.25) is 5.91 Å². The Morgan fingerprint density at radius 1 is 1.21 bits per heavy atom. The van der Waals surface area contributed by atoms with Crippen molar-refractivity contribution in [3.05, 3.63) is 41.7 Å². The Balaban J connectivity index is 1.44. The number of piperidine rings is 1. The molecule has 1 aromatic carbocycles. The van der Waals surface area contributed by atoms with E-state index in [-0.39, 0.29) is 11.7 Å². The molecule has 0 atom stereocenters. The number of nitrogens with zero attached hydrogens (tertiary/aromatic N) is 2. The number of carbonyl (C=O) groups is 1. The zero-order valence-corrected chi connectivity index (χ0v) is 14.0. The summed E-state index contributed by atoms with van der Waals surface area (Å²) >= 11 is 0. The normalized spacial score (nSPS) is 20.6. The molecule has 0 saturated carbocycles. The highest BCUT2D eigenvalue weighted by Crippen LogP contribution is 2.20. The van der Waals surface area contributed by atoms with Crippen molar-refractivity contribution in [1.82, 2.24) is 9.80 Å². The highest BCUT2D eigenvalue weighted by atomic mass is 19.1. The summed E-state index contributed by atoms with van der Waals surface area (Å²) < 4.78 is 18.5. The van der Waals surface area contributed by atoms with E-state index in [0.717, 1.165) is 57.8 Å². The van der Waals surface area contributed by atoms with Gasteiger partial charge in [-0.2, -0.15) is 0 Å².